The van der Waals surface area contributed by atoms with E-state index in [0.29, 0.717) is 28.0 Å². The largest absolute Gasteiger partial charge is 0.443 e. The second-order valence-corrected chi connectivity index (χ2v) is 6.49. The summed E-state index contributed by atoms with van der Waals surface area (Å²) >= 11 is 0.701. The highest BCUT2D eigenvalue weighted by Crippen LogP contribution is 2.52. The lowest BCUT2D eigenvalue weighted by Gasteiger charge is -2.26. The molecule has 0 amide bonds. The summed E-state index contributed by atoms with van der Waals surface area (Å²) in [6.07, 6.45) is 1.70. The van der Waals surface area contributed by atoms with Gasteiger partial charge in [0.15, 0.2) is 5.01 Å². The van der Waals surface area contributed by atoms with Gasteiger partial charge in [0.25, 0.3) is 0 Å². The van der Waals surface area contributed by atoms with E-state index in [9.17, 15) is 13.2 Å². The predicted molar refractivity (Wildman–Crippen MR) is 63.0 cm³/mol. The van der Waals surface area contributed by atoms with Crippen LogP contribution in [-0.2, 0) is 6.18 Å². The number of fused-ring (bicyclic) bond motifs is 2. The Bertz CT molecular complexity index is 443. The average molecular weight is 276 g/mol. The number of thiazole rings is 1. The van der Waals surface area contributed by atoms with Gasteiger partial charge in [0.2, 0.25) is 0 Å². The molecule has 1 aromatic rings. The molecule has 0 aliphatic heterocycles. The van der Waals surface area contributed by atoms with E-state index < -0.39 is 11.2 Å². The summed E-state index contributed by atoms with van der Waals surface area (Å²) in [6, 6.07) is -0.270. The van der Waals surface area contributed by atoms with Gasteiger partial charge in [0.1, 0.15) is 0 Å². The van der Waals surface area contributed by atoms with E-state index >= 15 is 0 Å². The van der Waals surface area contributed by atoms with Gasteiger partial charge < -0.3 is 5.73 Å². The lowest BCUT2D eigenvalue weighted by Crippen LogP contribution is -2.25. The van der Waals surface area contributed by atoms with Gasteiger partial charge in [-0.3, -0.25) is 0 Å². The molecule has 3 rings (SSSR count). The first kappa shape index (κ1) is 12.4. The number of aromatic nitrogens is 1. The van der Waals surface area contributed by atoms with Gasteiger partial charge in [-0.1, -0.05) is 6.42 Å². The smallest absolute Gasteiger partial charge is 0.323 e. The van der Waals surface area contributed by atoms with Gasteiger partial charge in [-0.25, -0.2) is 4.98 Å². The molecule has 2 N–H and O–H groups in total. The quantitative estimate of drug-likeness (QED) is 0.896. The molecule has 2 fully saturated rings. The zero-order valence-corrected chi connectivity index (χ0v) is 10.6. The Kier molecular flexibility index (Phi) is 2.90. The fourth-order valence-electron chi connectivity index (χ4n) is 3.52. The van der Waals surface area contributed by atoms with Gasteiger partial charge in [-0.2, -0.15) is 13.2 Å². The van der Waals surface area contributed by atoms with Crippen molar-refractivity contribution in [2.45, 2.75) is 37.9 Å². The molecular formula is C12H15F3N2S. The standard InChI is InChI=1S/C12H15F3N2S/c13-12(14,15)11-17-5-9(18-11)10(16)8-4-6-1-2-7(8)3-6/h5-8,10H,1-4,16H2. The fourth-order valence-corrected chi connectivity index (χ4v) is 4.38. The summed E-state index contributed by atoms with van der Waals surface area (Å²) in [7, 11) is 0. The zero-order chi connectivity index (χ0) is 12.9. The fraction of sp³-hybridized carbons (Fsp3) is 0.750. The molecule has 2 bridgehead atoms. The molecular weight excluding hydrogens is 261 g/mol. The van der Waals surface area contributed by atoms with Crippen molar-refractivity contribution in [3.05, 3.63) is 16.1 Å². The second-order valence-electron chi connectivity index (χ2n) is 5.43. The van der Waals surface area contributed by atoms with Gasteiger partial charge in [-0.05, 0) is 37.0 Å². The maximum Gasteiger partial charge on any atom is 0.443 e. The maximum atomic E-state index is 12.5. The maximum absolute atomic E-state index is 12.5. The Morgan fingerprint density at radius 2 is 2.11 bits per heavy atom. The average Bonchev–Trinajstić information content (AvgIpc) is 3.02. The molecule has 2 saturated carbocycles. The van der Waals surface area contributed by atoms with E-state index in [4.69, 9.17) is 5.73 Å². The van der Waals surface area contributed by atoms with Crippen molar-refractivity contribution < 1.29 is 13.2 Å². The van der Waals surface area contributed by atoms with Crippen LogP contribution in [0.3, 0.4) is 0 Å². The minimum Gasteiger partial charge on any atom is -0.323 e. The summed E-state index contributed by atoms with van der Waals surface area (Å²) in [4.78, 5) is 4.04. The van der Waals surface area contributed by atoms with E-state index in [1.165, 1.54) is 25.5 Å². The lowest BCUT2D eigenvalue weighted by atomic mass is 9.83. The third-order valence-corrected chi connectivity index (χ3v) is 5.49. The molecule has 0 radical (unpaired) electrons. The van der Waals surface area contributed by atoms with Crippen LogP contribution in [0.4, 0.5) is 13.2 Å². The molecule has 4 unspecified atom stereocenters. The second kappa shape index (κ2) is 4.20. The third-order valence-electron chi connectivity index (χ3n) is 4.35. The number of rotatable bonds is 2. The molecule has 1 aromatic heterocycles. The van der Waals surface area contributed by atoms with Crippen LogP contribution in [0, 0.1) is 17.8 Å². The van der Waals surface area contributed by atoms with Crippen LogP contribution in [0.5, 0.6) is 0 Å². The Morgan fingerprint density at radius 1 is 1.33 bits per heavy atom. The van der Waals surface area contributed by atoms with Gasteiger partial charge in [-0.15, -0.1) is 11.3 Å². The molecule has 2 nitrogen and oxygen atoms in total. The summed E-state index contributed by atoms with van der Waals surface area (Å²) < 4.78 is 37.5. The Labute approximate surface area is 107 Å². The summed E-state index contributed by atoms with van der Waals surface area (Å²) in [5.41, 5.74) is 6.15. The van der Waals surface area contributed by atoms with Crippen LogP contribution < -0.4 is 5.73 Å². The van der Waals surface area contributed by atoms with E-state index in [0.717, 1.165) is 12.3 Å². The molecule has 100 valence electrons. The van der Waals surface area contributed by atoms with Gasteiger partial charge in [0.05, 0.1) is 0 Å². The van der Waals surface area contributed by atoms with E-state index in [1.807, 2.05) is 0 Å². The molecule has 2 aliphatic carbocycles. The van der Waals surface area contributed by atoms with E-state index in [-0.39, 0.29) is 6.04 Å². The first-order valence-electron chi connectivity index (χ1n) is 6.23. The molecule has 18 heavy (non-hydrogen) atoms. The van der Waals surface area contributed by atoms with Crippen molar-refractivity contribution in [3.63, 3.8) is 0 Å². The monoisotopic (exact) mass is 276 g/mol. The number of hydrogen-bond donors (Lipinski definition) is 1. The van der Waals surface area contributed by atoms with Crippen LogP contribution in [0.1, 0.15) is 41.6 Å². The van der Waals surface area contributed by atoms with Crippen molar-refractivity contribution in [1.82, 2.24) is 4.98 Å². The molecule has 0 spiro atoms. The van der Waals surface area contributed by atoms with E-state index in [2.05, 4.69) is 4.98 Å². The van der Waals surface area contributed by atoms with Crippen molar-refractivity contribution in [2.24, 2.45) is 23.5 Å². The summed E-state index contributed by atoms with van der Waals surface area (Å²) in [5, 5.41) is -0.781. The highest BCUT2D eigenvalue weighted by molar-refractivity contribution is 7.11. The first-order chi connectivity index (χ1) is 8.45. The number of hydrogen-bond acceptors (Lipinski definition) is 3. The minimum absolute atomic E-state index is 0.270. The molecule has 0 saturated heterocycles. The molecule has 1 heterocycles. The van der Waals surface area contributed by atoms with Crippen LogP contribution in [0.2, 0.25) is 0 Å². The Balaban J connectivity index is 1.76. The number of nitrogens with zero attached hydrogens (tertiary/aromatic N) is 1. The van der Waals surface area contributed by atoms with Crippen molar-refractivity contribution >= 4 is 11.3 Å². The number of alkyl halides is 3. The number of nitrogens with two attached hydrogens (primary N) is 1. The van der Waals surface area contributed by atoms with Crippen LogP contribution in [0.25, 0.3) is 0 Å². The minimum atomic E-state index is -4.35. The molecule has 0 aromatic carbocycles. The topological polar surface area (TPSA) is 38.9 Å². The van der Waals surface area contributed by atoms with Crippen molar-refractivity contribution in [3.8, 4) is 0 Å². The van der Waals surface area contributed by atoms with Crippen molar-refractivity contribution in [1.29, 1.82) is 0 Å². The zero-order valence-electron chi connectivity index (χ0n) is 9.78. The van der Waals surface area contributed by atoms with E-state index in [1.54, 1.807) is 0 Å². The summed E-state index contributed by atoms with van der Waals surface area (Å²) in [6.45, 7) is 0. The predicted octanol–water partition coefficient (Wildman–Crippen LogP) is 3.60. The SMILES string of the molecule is NC(c1cnc(C(F)(F)F)s1)C1CC2CCC1C2. The third kappa shape index (κ3) is 2.05. The Morgan fingerprint density at radius 3 is 2.61 bits per heavy atom. The highest BCUT2D eigenvalue weighted by atomic mass is 32.1. The molecule has 4 atom stereocenters. The Hall–Kier alpha value is -0.620. The normalized spacial score (nSPS) is 33.0. The van der Waals surface area contributed by atoms with Gasteiger partial charge >= 0.3 is 6.18 Å². The highest BCUT2D eigenvalue weighted by Gasteiger charge is 2.43. The van der Waals surface area contributed by atoms with Crippen LogP contribution >= 0.6 is 11.3 Å². The molecule has 2 aliphatic rings. The van der Waals surface area contributed by atoms with Gasteiger partial charge in [0, 0.05) is 17.1 Å². The number of halogens is 3. The van der Waals surface area contributed by atoms with Crippen LogP contribution in [-0.4, -0.2) is 4.98 Å². The van der Waals surface area contributed by atoms with Crippen molar-refractivity contribution in [2.75, 3.05) is 0 Å². The first-order valence-corrected chi connectivity index (χ1v) is 7.05. The molecule has 6 heteroatoms. The lowest BCUT2D eigenvalue weighted by molar-refractivity contribution is -0.137. The van der Waals surface area contributed by atoms with Crippen LogP contribution in [0.15, 0.2) is 6.20 Å². The summed E-state index contributed by atoms with van der Waals surface area (Å²) in [5.74, 6) is 1.72.